The van der Waals surface area contributed by atoms with Crippen LogP contribution in [-0.2, 0) is 9.59 Å². The molecule has 5 N–H and O–H groups in total. The number of alkyl halides is 1. The van der Waals surface area contributed by atoms with Crippen LogP contribution in [0.1, 0.15) is 7.85 Å². The van der Waals surface area contributed by atoms with Crippen molar-refractivity contribution in [3.63, 3.8) is 0 Å². The van der Waals surface area contributed by atoms with Crippen LogP contribution in [-0.4, -0.2) is 29.2 Å². The second-order valence-electron chi connectivity index (χ2n) is 2.05. The Balaban J connectivity index is -0.000000500. The van der Waals surface area contributed by atoms with E-state index in [1.807, 2.05) is 0 Å². The van der Waals surface area contributed by atoms with Crippen molar-refractivity contribution in [2.45, 2.75) is 18.6 Å². The quantitative estimate of drug-likeness (QED) is 0.427. The molecule has 0 aliphatic heterocycles. The van der Waals surface area contributed by atoms with Gasteiger partial charge in [-0.3, -0.25) is 4.79 Å². The van der Waals surface area contributed by atoms with Crippen LogP contribution in [0, 0.1) is 0 Å². The highest BCUT2D eigenvalue weighted by atomic mass is 35.5. The number of carboxylic acids is 1. The number of carbonyl (C=O) groups is 2. The third-order valence-electron chi connectivity index (χ3n) is 1.09. The van der Waals surface area contributed by atoms with Crippen LogP contribution >= 0.6 is 0 Å². The lowest BCUT2D eigenvalue weighted by molar-refractivity contribution is -0.143. The monoisotopic (exact) mass is 200 g/mol. The zero-order chi connectivity index (χ0) is 9.02. The summed E-state index contributed by atoms with van der Waals surface area (Å²) in [7, 11) is 0. The van der Waals surface area contributed by atoms with E-state index in [2.05, 4.69) is 5.73 Å². The molecule has 0 heterocycles. The Morgan fingerprint density at radius 1 is 1.58 bits per heavy atom. The second-order valence-corrected chi connectivity index (χ2v) is 2.05. The predicted molar refractivity (Wildman–Crippen MR) is 35.4 cm³/mol. The second kappa shape index (κ2) is 5.73. The molecule has 2 atom stereocenters. The van der Waals surface area contributed by atoms with Crippen LogP contribution in [0.4, 0.5) is 4.39 Å². The summed E-state index contributed by atoms with van der Waals surface area (Å²) in [6.45, 7) is 0. The van der Waals surface area contributed by atoms with Crippen molar-refractivity contribution in [2.24, 2.45) is 11.5 Å². The number of carboxylic acid groups (broad SMARTS) is 1. The number of primary amides is 1. The van der Waals surface area contributed by atoms with Gasteiger partial charge in [-0.05, 0) is 0 Å². The molecule has 0 aromatic heterocycles. The van der Waals surface area contributed by atoms with Gasteiger partial charge in [0.1, 0.15) is 0 Å². The van der Waals surface area contributed by atoms with Gasteiger partial charge in [-0.2, -0.15) is 0 Å². The normalized spacial score (nSPS) is 14.2. The van der Waals surface area contributed by atoms with Crippen molar-refractivity contribution >= 4 is 11.9 Å². The van der Waals surface area contributed by atoms with Crippen molar-refractivity contribution in [1.29, 1.82) is 0 Å². The summed E-state index contributed by atoms with van der Waals surface area (Å²) in [5.74, 6) is -2.55. The summed E-state index contributed by atoms with van der Waals surface area (Å²) in [6, 6.07) is -1.24. The predicted octanol–water partition coefficient (Wildman–Crippen LogP) is -4.27. The highest BCUT2D eigenvalue weighted by molar-refractivity contribution is 5.81. The largest absolute Gasteiger partial charge is 1.00 e. The molecule has 12 heavy (non-hydrogen) atoms. The fourth-order valence-corrected chi connectivity index (χ4v) is 0.440. The molecular formula is C5H10ClFN2O3. The average molecular weight is 201 g/mol. The van der Waals surface area contributed by atoms with E-state index in [9.17, 15) is 14.0 Å². The minimum Gasteiger partial charge on any atom is -1.00 e. The third kappa shape index (κ3) is 4.86. The fraction of sp³-hybridized carbons (Fsp3) is 0.600. The molecule has 0 bridgehead atoms. The molecule has 0 spiro atoms. The Hall–Kier alpha value is -0.880. The van der Waals surface area contributed by atoms with Gasteiger partial charge >= 0.3 is 7.40 Å². The van der Waals surface area contributed by atoms with Crippen LogP contribution in [0.3, 0.4) is 0 Å². The van der Waals surface area contributed by atoms with E-state index in [1.165, 1.54) is 0 Å². The SMILES string of the molecule is NC(=O)C(N)CC(F)C(=O)O.[Cl-].[H+]. The topological polar surface area (TPSA) is 106 Å². The van der Waals surface area contributed by atoms with E-state index < -0.39 is 30.5 Å². The Morgan fingerprint density at radius 3 is 2.25 bits per heavy atom. The van der Waals surface area contributed by atoms with E-state index in [0.717, 1.165) is 0 Å². The van der Waals surface area contributed by atoms with Gasteiger partial charge in [0, 0.05) is 6.42 Å². The number of nitrogens with two attached hydrogens (primary N) is 2. The summed E-state index contributed by atoms with van der Waals surface area (Å²) in [5.41, 5.74) is 9.64. The van der Waals surface area contributed by atoms with E-state index in [-0.39, 0.29) is 13.8 Å². The van der Waals surface area contributed by atoms with Gasteiger partial charge in [-0.15, -0.1) is 0 Å². The Bertz CT molecular complexity index is 165. The minimum atomic E-state index is -2.13. The lowest BCUT2D eigenvalue weighted by Crippen LogP contribution is -3.00. The third-order valence-corrected chi connectivity index (χ3v) is 1.09. The molecule has 0 aliphatic carbocycles. The number of amides is 1. The number of carbonyl (C=O) groups excluding carboxylic acids is 1. The molecular weight excluding hydrogens is 191 g/mol. The highest BCUT2D eigenvalue weighted by Gasteiger charge is 2.22. The van der Waals surface area contributed by atoms with Gasteiger partial charge in [0.25, 0.3) is 0 Å². The maximum absolute atomic E-state index is 12.2. The van der Waals surface area contributed by atoms with Gasteiger partial charge in [0.2, 0.25) is 5.91 Å². The van der Waals surface area contributed by atoms with Crippen molar-refractivity contribution in [3.05, 3.63) is 0 Å². The molecule has 2 unspecified atom stereocenters. The van der Waals surface area contributed by atoms with Crippen LogP contribution in [0.5, 0.6) is 0 Å². The maximum atomic E-state index is 12.2. The summed E-state index contributed by atoms with van der Waals surface area (Å²) < 4.78 is 12.2. The van der Waals surface area contributed by atoms with Gasteiger partial charge in [0.05, 0.1) is 6.04 Å². The first-order valence-corrected chi connectivity index (χ1v) is 2.87. The summed E-state index contributed by atoms with van der Waals surface area (Å²) in [6.07, 6.45) is -2.71. The Morgan fingerprint density at radius 2 is 2.00 bits per heavy atom. The lowest BCUT2D eigenvalue weighted by atomic mass is 10.1. The van der Waals surface area contributed by atoms with Crippen LogP contribution in [0.2, 0.25) is 0 Å². The Kier molecular flexibility index (Phi) is 6.54. The van der Waals surface area contributed by atoms with E-state index >= 15 is 0 Å². The van der Waals surface area contributed by atoms with Crippen molar-refractivity contribution in [1.82, 2.24) is 0 Å². The smallest absolute Gasteiger partial charge is 1.00 e. The van der Waals surface area contributed by atoms with Gasteiger partial charge in [0.15, 0.2) is 6.17 Å². The van der Waals surface area contributed by atoms with E-state index in [4.69, 9.17) is 10.8 Å². The fourth-order valence-electron chi connectivity index (χ4n) is 0.440. The Labute approximate surface area is 75.8 Å². The maximum Gasteiger partial charge on any atom is 1.00 e. The van der Waals surface area contributed by atoms with Gasteiger partial charge in [-0.25, -0.2) is 9.18 Å². The standard InChI is InChI=1S/C5H9FN2O3.ClH/c6-2(5(10)11)1-3(7)4(8)9;/h2-3H,1,7H2,(H2,8,9)(H,10,11);1H. The molecule has 0 saturated heterocycles. The van der Waals surface area contributed by atoms with Crippen LogP contribution in [0.15, 0.2) is 0 Å². The number of hydrogen-bond acceptors (Lipinski definition) is 3. The van der Waals surface area contributed by atoms with E-state index in [0.29, 0.717) is 0 Å². The van der Waals surface area contributed by atoms with Crippen LogP contribution in [0.25, 0.3) is 0 Å². The molecule has 7 heteroatoms. The zero-order valence-electron chi connectivity index (χ0n) is 7.04. The van der Waals surface area contributed by atoms with Gasteiger partial charge < -0.3 is 29.0 Å². The minimum absolute atomic E-state index is 0. The molecule has 0 aliphatic rings. The van der Waals surface area contributed by atoms with Crippen molar-refractivity contribution in [3.8, 4) is 0 Å². The number of aliphatic carboxylic acids is 1. The molecule has 1 amide bonds. The summed E-state index contributed by atoms with van der Waals surface area (Å²) in [5, 5.41) is 8.03. The number of rotatable bonds is 4. The van der Waals surface area contributed by atoms with Crippen molar-refractivity contribution in [2.75, 3.05) is 0 Å². The average Bonchev–Trinajstić information content (AvgIpc) is 1.87. The van der Waals surface area contributed by atoms with Gasteiger partial charge in [-0.1, -0.05) is 0 Å². The number of hydrogen-bond donors (Lipinski definition) is 3. The number of halogens is 2. The zero-order valence-corrected chi connectivity index (χ0v) is 6.79. The first-order valence-electron chi connectivity index (χ1n) is 2.87. The molecule has 0 aromatic rings. The first-order chi connectivity index (χ1) is 4.95. The molecule has 0 aromatic carbocycles. The van der Waals surface area contributed by atoms with Crippen LogP contribution < -0.4 is 23.9 Å². The highest BCUT2D eigenvalue weighted by Crippen LogP contribution is 2.00. The molecule has 5 nitrogen and oxygen atoms in total. The van der Waals surface area contributed by atoms with Crippen molar-refractivity contribution < 1.29 is 32.9 Å². The molecule has 72 valence electrons. The van der Waals surface area contributed by atoms with E-state index in [1.54, 1.807) is 0 Å². The molecule has 0 fully saturated rings. The summed E-state index contributed by atoms with van der Waals surface area (Å²) in [4.78, 5) is 20.1. The first kappa shape index (κ1) is 13.7. The summed E-state index contributed by atoms with van der Waals surface area (Å²) >= 11 is 0. The molecule has 0 radical (unpaired) electrons. The molecule has 0 saturated carbocycles. The molecule has 0 rings (SSSR count). The lowest BCUT2D eigenvalue weighted by Gasteiger charge is -2.07.